The Kier molecular flexibility index (Phi) is 5.35. The molecular weight excluding hydrogens is 212 g/mol. The van der Waals surface area contributed by atoms with E-state index < -0.39 is 6.43 Å². The van der Waals surface area contributed by atoms with E-state index in [1.165, 1.54) is 12.1 Å². The number of hydrogen-bond donors (Lipinski definition) is 1. The fourth-order valence-electron chi connectivity index (χ4n) is 1.28. The van der Waals surface area contributed by atoms with Gasteiger partial charge in [-0.15, -0.1) is 0 Å². The molecule has 0 amide bonds. The summed E-state index contributed by atoms with van der Waals surface area (Å²) in [7, 11) is 1.66. The van der Waals surface area contributed by atoms with Crippen LogP contribution in [0.5, 0.6) is 0 Å². The average Bonchev–Trinajstić information content (AvgIpc) is 2.29. The maximum Gasteiger partial charge on any atom is 0.263 e. The molecule has 1 unspecified atom stereocenters. The molecule has 0 spiro atoms. The Morgan fingerprint density at radius 1 is 1.25 bits per heavy atom. The first-order valence-corrected chi connectivity index (χ1v) is 5.24. The molecule has 0 fully saturated rings. The van der Waals surface area contributed by atoms with Gasteiger partial charge < -0.3 is 10.1 Å². The largest absolute Gasteiger partial charge is 0.380 e. The molecular formula is C12H17F2NO. The van der Waals surface area contributed by atoms with Gasteiger partial charge in [0.2, 0.25) is 0 Å². The number of rotatable bonds is 6. The van der Waals surface area contributed by atoms with Gasteiger partial charge in [-0.1, -0.05) is 24.3 Å². The smallest absolute Gasteiger partial charge is 0.263 e. The van der Waals surface area contributed by atoms with Gasteiger partial charge in [0.05, 0.1) is 6.10 Å². The van der Waals surface area contributed by atoms with Gasteiger partial charge in [-0.3, -0.25) is 0 Å². The van der Waals surface area contributed by atoms with Crippen molar-refractivity contribution < 1.29 is 13.5 Å². The third-order valence-corrected chi connectivity index (χ3v) is 2.39. The van der Waals surface area contributed by atoms with E-state index in [1.807, 2.05) is 6.92 Å². The van der Waals surface area contributed by atoms with Crippen molar-refractivity contribution in [1.29, 1.82) is 0 Å². The standard InChI is InChI=1S/C12H17F2NO/c1-9(16-2)7-15-8-10-3-5-11(6-4-10)12(13)14/h3-6,9,12,15H,7-8H2,1-2H3. The van der Waals surface area contributed by atoms with Crippen molar-refractivity contribution in [2.24, 2.45) is 0 Å². The van der Waals surface area contributed by atoms with Crippen LogP contribution in [0.25, 0.3) is 0 Å². The minimum Gasteiger partial charge on any atom is -0.380 e. The van der Waals surface area contributed by atoms with Crippen molar-refractivity contribution in [2.45, 2.75) is 26.0 Å². The molecule has 1 N–H and O–H groups in total. The molecule has 1 aromatic carbocycles. The fraction of sp³-hybridized carbons (Fsp3) is 0.500. The first kappa shape index (κ1) is 13.1. The molecule has 0 bridgehead atoms. The highest BCUT2D eigenvalue weighted by atomic mass is 19.3. The number of hydrogen-bond acceptors (Lipinski definition) is 2. The monoisotopic (exact) mass is 229 g/mol. The van der Waals surface area contributed by atoms with E-state index in [0.29, 0.717) is 6.54 Å². The van der Waals surface area contributed by atoms with Crippen LogP contribution in [-0.4, -0.2) is 19.8 Å². The van der Waals surface area contributed by atoms with E-state index in [9.17, 15) is 8.78 Å². The molecule has 0 aliphatic rings. The number of halogens is 2. The quantitative estimate of drug-likeness (QED) is 0.809. The van der Waals surface area contributed by atoms with Crippen LogP contribution in [-0.2, 0) is 11.3 Å². The Labute approximate surface area is 94.6 Å². The van der Waals surface area contributed by atoms with Crippen molar-refractivity contribution in [2.75, 3.05) is 13.7 Å². The summed E-state index contributed by atoms with van der Waals surface area (Å²) in [5, 5.41) is 3.19. The minimum atomic E-state index is -2.39. The van der Waals surface area contributed by atoms with Crippen LogP contribution < -0.4 is 5.32 Å². The number of benzene rings is 1. The summed E-state index contributed by atoms with van der Waals surface area (Å²) in [6.07, 6.45) is -2.24. The Balaban J connectivity index is 2.38. The lowest BCUT2D eigenvalue weighted by molar-refractivity contribution is 0.117. The Morgan fingerprint density at radius 3 is 2.38 bits per heavy atom. The molecule has 1 aromatic rings. The summed E-state index contributed by atoms with van der Waals surface area (Å²) in [6, 6.07) is 6.35. The molecule has 0 aromatic heterocycles. The van der Waals surface area contributed by atoms with Crippen LogP contribution in [0.3, 0.4) is 0 Å². The van der Waals surface area contributed by atoms with Crippen LogP contribution in [0, 0.1) is 0 Å². The fourth-order valence-corrected chi connectivity index (χ4v) is 1.28. The summed E-state index contributed by atoms with van der Waals surface area (Å²) in [5.41, 5.74) is 1.06. The lowest BCUT2D eigenvalue weighted by Gasteiger charge is -2.10. The molecule has 0 saturated carbocycles. The molecule has 1 rings (SSSR count). The van der Waals surface area contributed by atoms with E-state index in [4.69, 9.17) is 4.74 Å². The third kappa shape index (κ3) is 4.24. The van der Waals surface area contributed by atoms with E-state index in [0.717, 1.165) is 12.1 Å². The molecule has 90 valence electrons. The molecule has 0 saturated heterocycles. The normalized spacial score (nSPS) is 13.1. The molecule has 2 nitrogen and oxygen atoms in total. The average molecular weight is 229 g/mol. The van der Waals surface area contributed by atoms with Gasteiger partial charge in [0.1, 0.15) is 0 Å². The zero-order chi connectivity index (χ0) is 12.0. The third-order valence-electron chi connectivity index (χ3n) is 2.39. The highest BCUT2D eigenvalue weighted by Gasteiger charge is 2.05. The maximum atomic E-state index is 12.3. The molecule has 0 radical (unpaired) electrons. The van der Waals surface area contributed by atoms with Crippen LogP contribution in [0.1, 0.15) is 24.5 Å². The second kappa shape index (κ2) is 6.55. The van der Waals surface area contributed by atoms with Gasteiger partial charge >= 0.3 is 0 Å². The zero-order valence-corrected chi connectivity index (χ0v) is 9.54. The minimum absolute atomic E-state index is 0.0639. The Hall–Kier alpha value is -1.00. The van der Waals surface area contributed by atoms with E-state index >= 15 is 0 Å². The van der Waals surface area contributed by atoms with Crippen LogP contribution in [0.15, 0.2) is 24.3 Å². The summed E-state index contributed by atoms with van der Waals surface area (Å²) in [6.45, 7) is 3.37. The van der Waals surface area contributed by atoms with Crippen LogP contribution >= 0.6 is 0 Å². The summed E-state index contributed by atoms with van der Waals surface area (Å²) < 4.78 is 29.6. The number of nitrogens with one attached hydrogen (secondary N) is 1. The van der Waals surface area contributed by atoms with E-state index in [-0.39, 0.29) is 11.7 Å². The highest BCUT2D eigenvalue weighted by Crippen LogP contribution is 2.18. The Morgan fingerprint density at radius 2 is 1.88 bits per heavy atom. The topological polar surface area (TPSA) is 21.3 Å². The van der Waals surface area contributed by atoms with Crippen molar-refractivity contribution >= 4 is 0 Å². The highest BCUT2D eigenvalue weighted by molar-refractivity contribution is 5.23. The molecule has 0 heterocycles. The Bertz CT molecular complexity index is 300. The van der Waals surface area contributed by atoms with Gasteiger partial charge in [-0.2, -0.15) is 0 Å². The molecule has 1 atom stereocenters. The summed E-state index contributed by atoms with van der Waals surface area (Å²) in [5.74, 6) is 0. The first-order chi connectivity index (χ1) is 7.63. The van der Waals surface area contributed by atoms with Crippen LogP contribution in [0.4, 0.5) is 8.78 Å². The number of methoxy groups -OCH3 is 1. The molecule has 0 aliphatic carbocycles. The second-order valence-electron chi connectivity index (χ2n) is 3.72. The van der Waals surface area contributed by atoms with Gasteiger partial charge in [-0.05, 0) is 12.5 Å². The number of ether oxygens (including phenoxy) is 1. The molecule has 4 heteroatoms. The lowest BCUT2D eigenvalue weighted by Crippen LogP contribution is -2.25. The van der Waals surface area contributed by atoms with Gasteiger partial charge in [0.15, 0.2) is 0 Å². The first-order valence-electron chi connectivity index (χ1n) is 5.24. The van der Waals surface area contributed by atoms with Gasteiger partial charge in [0, 0.05) is 25.8 Å². The predicted molar refractivity (Wildman–Crippen MR) is 59.6 cm³/mol. The SMILES string of the molecule is COC(C)CNCc1ccc(C(F)F)cc1. The maximum absolute atomic E-state index is 12.3. The van der Waals surface area contributed by atoms with E-state index in [1.54, 1.807) is 19.2 Å². The lowest BCUT2D eigenvalue weighted by atomic mass is 10.1. The van der Waals surface area contributed by atoms with Crippen LogP contribution in [0.2, 0.25) is 0 Å². The van der Waals surface area contributed by atoms with Crippen molar-refractivity contribution in [3.05, 3.63) is 35.4 Å². The predicted octanol–water partition coefficient (Wildman–Crippen LogP) is 2.75. The van der Waals surface area contributed by atoms with E-state index in [2.05, 4.69) is 5.32 Å². The summed E-state index contributed by atoms with van der Waals surface area (Å²) in [4.78, 5) is 0. The van der Waals surface area contributed by atoms with Crippen molar-refractivity contribution in [1.82, 2.24) is 5.32 Å². The number of alkyl halides is 2. The van der Waals surface area contributed by atoms with Gasteiger partial charge in [-0.25, -0.2) is 8.78 Å². The van der Waals surface area contributed by atoms with Gasteiger partial charge in [0.25, 0.3) is 6.43 Å². The molecule has 16 heavy (non-hydrogen) atoms. The van der Waals surface area contributed by atoms with Crippen molar-refractivity contribution in [3.8, 4) is 0 Å². The zero-order valence-electron chi connectivity index (χ0n) is 9.54. The second-order valence-corrected chi connectivity index (χ2v) is 3.72. The molecule has 0 aliphatic heterocycles. The van der Waals surface area contributed by atoms with Crippen molar-refractivity contribution in [3.63, 3.8) is 0 Å². The summed E-state index contributed by atoms with van der Waals surface area (Å²) >= 11 is 0.